The highest BCUT2D eigenvalue weighted by Crippen LogP contribution is 2.37. The molecule has 0 aliphatic carbocycles. The molecule has 0 aliphatic rings. The van der Waals surface area contributed by atoms with Gasteiger partial charge in [0.05, 0.1) is 17.7 Å². The van der Waals surface area contributed by atoms with E-state index in [-0.39, 0.29) is 28.7 Å². The molecule has 0 saturated carbocycles. The van der Waals surface area contributed by atoms with Gasteiger partial charge in [0.2, 0.25) is 0 Å². The summed E-state index contributed by atoms with van der Waals surface area (Å²) in [4.78, 5) is 11.8. The Kier molecular flexibility index (Phi) is 6.38. The summed E-state index contributed by atoms with van der Waals surface area (Å²) in [5, 5.41) is 10.5. The van der Waals surface area contributed by atoms with Gasteiger partial charge in [0.15, 0.2) is 0 Å². The van der Waals surface area contributed by atoms with Crippen LogP contribution in [0.25, 0.3) is 10.8 Å². The highest BCUT2D eigenvalue weighted by atomic mass is 79.9. The molecule has 3 aromatic carbocycles. The number of hydrogen-bond acceptors (Lipinski definition) is 4. The predicted octanol–water partition coefficient (Wildman–Crippen LogP) is 5.16. The molecule has 0 radical (unpaired) electrons. The van der Waals surface area contributed by atoms with E-state index in [4.69, 9.17) is 4.74 Å². The smallest absolute Gasteiger partial charge is 0.339 e. The molecule has 0 spiro atoms. The Labute approximate surface area is 184 Å². The number of carboxylic acid groups (broad SMARTS) is 1. The molecule has 0 amide bonds. The first-order valence-electron chi connectivity index (χ1n) is 9.28. The SMILES string of the molecule is COc1c(C(=O)O)cc(S(=O)(=O)N(CC(C)C)c2ccc(Br)cc2)c2ccccc12. The molecule has 0 unspecified atom stereocenters. The maximum atomic E-state index is 13.8. The lowest BCUT2D eigenvalue weighted by Gasteiger charge is -2.27. The highest BCUT2D eigenvalue weighted by molar-refractivity contribution is 9.10. The van der Waals surface area contributed by atoms with Crippen LogP contribution in [0.4, 0.5) is 5.69 Å². The number of hydrogen-bond donors (Lipinski definition) is 1. The van der Waals surface area contributed by atoms with Gasteiger partial charge in [-0.3, -0.25) is 4.31 Å². The molecule has 8 heteroatoms. The lowest BCUT2D eigenvalue weighted by Crippen LogP contribution is -2.34. The molecule has 3 rings (SSSR count). The Balaban J connectivity index is 2.32. The van der Waals surface area contributed by atoms with Crippen molar-refractivity contribution in [2.24, 2.45) is 5.92 Å². The fourth-order valence-electron chi connectivity index (χ4n) is 3.31. The second-order valence-electron chi connectivity index (χ2n) is 7.21. The molecule has 30 heavy (non-hydrogen) atoms. The molecule has 0 aromatic heterocycles. The number of carboxylic acids is 1. The van der Waals surface area contributed by atoms with Gasteiger partial charge in [0.1, 0.15) is 11.3 Å². The van der Waals surface area contributed by atoms with Gasteiger partial charge in [-0.1, -0.05) is 54.0 Å². The van der Waals surface area contributed by atoms with E-state index in [1.807, 2.05) is 13.8 Å². The maximum absolute atomic E-state index is 13.8. The van der Waals surface area contributed by atoms with E-state index in [0.717, 1.165) is 4.47 Å². The standard InChI is InChI=1S/C22H22BrNO5S/c1-14(2)13-24(16-10-8-15(23)9-11-16)30(27,28)20-12-19(22(25)26)21(29-3)18-7-5-4-6-17(18)20/h4-12,14H,13H2,1-3H3,(H,25,26). The largest absolute Gasteiger partial charge is 0.495 e. The van der Waals surface area contributed by atoms with Crippen LogP contribution in [-0.2, 0) is 10.0 Å². The lowest BCUT2D eigenvalue weighted by atomic mass is 10.1. The first-order chi connectivity index (χ1) is 14.2. The number of benzene rings is 3. The monoisotopic (exact) mass is 491 g/mol. The van der Waals surface area contributed by atoms with E-state index >= 15 is 0 Å². The first-order valence-corrected chi connectivity index (χ1v) is 11.5. The Morgan fingerprint density at radius 1 is 1.10 bits per heavy atom. The van der Waals surface area contributed by atoms with Crippen LogP contribution in [-0.4, -0.2) is 33.1 Å². The van der Waals surface area contributed by atoms with Crippen molar-refractivity contribution in [1.82, 2.24) is 0 Å². The van der Waals surface area contributed by atoms with Crippen LogP contribution in [0, 0.1) is 5.92 Å². The zero-order valence-electron chi connectivity index (χ0n) is 16.8. The molecular weight excluding hydrogens is 470 g/mol. The number of anilines is 1. The number of rotatable bonds is 7. The predicted molar refractivity (Wildman–Crippen MR) is 121 cm³/mol. The van der Waals surface area contributed by atoms with Gasteiger partial charge in [-0.2, -0.15) is 0 Å². The van der Waals surface area contributed by atoms with Crippen molar-refractivity contribution in [3.05, 3.63) is 64.6 Å². The van der Waals surface area contributed by atoms with Gasteiger partial charge in [-0.15, -0.1) is 0 Å². The second-order valence-corrected chi connectivity index (χ2v) is 9.96. The van der Waals surface area contributed by atoms with E-state index in [2.05, 4.69) is 15.9 Å². The van der Waals surface area contributed by atoms with Crippen molar-refractivity contribution in [3.8, 4) is 5.75 Å². The number of nitrogens with zero attached hydrogens (tertiary/aromatic N) is 1. The minimum Gasteiger partial charge on any atom is -0.495 e. The van der Waals surface area contributed by atoms with E-state index in [1.54, 1.807) is 48.5 Å². The number of carbonyl (C=O) groups is 1. The summed E-state index contributed by atoms with van der Waals surface area (Å²) in [6.45, 7) is 4.10. The zero-order valence-corrected chi connectivity index (χ0v) is 19.2. The number of aromatic carboxylic acids is 1. The molecule has 0 aliphatic heterocycles. The van der Waals surface area contributed by atoms with Crippen molar-refractivity contribution in [2.75, 3.05) is 18.0 Å². The van der Waals surface area contributed by atoms with E-state index in [9.17, 15) is 18.3 Å². The van der Waals surface area contributed by atoms with Crippen LogP contribution in [0.1, 0.15) is 24.2 Å². The fraction of sp³-hybridized carbons (Fsp3) is 0.227. The van der Waals surface area contributed by atoms with Crippen molar-refractivity contribution >= 4 is 48.4 Å². The van der Waals surface area contributed by atoms with Crippen LogP contribution in [0.15, 0.2) is 64.0 Å². The summed E-state index contributed by atoms with van der Waals surface area (Å²) in [6, 6.07) is 14.9. The highest BCUT2D eigenvalue weighted by Gasteiger charge is 2.30. The Morgan fingerprint density at radius 2 is 1.70 bits per heavy atom. The third-order valence-corrected chi connectivity index (χ3v) is 6.97. The number of fused-ring (bicyclic) bond motifs is 1. The summed E-state index contributed by atoms with van der Waals surface area (Å²) in [5.41, 5.74) is 0.304. The van der Waals surface area contributed by atoms with Crippen molar-refractivity contribution in [2.45, 2.75) is 18.7 Å². The average Bonchev–Trinajstić information content (AvgIpc) is 2.71. The Hall–Kier alpha value is -2.58. The van der Waals surface area contributed by atoms with Gasteiger partial charge in [0.25, 0.3) is 10.0 Å². The lowest BCUT2D eigenvalue weighted by molar-refractivity contribution is 0.0693. The quantitative estimate of drug-likeness (QED) is 0.493. The topological polar surface area (TPSA) is 83.9 Å². The first kappa shape index (κ1) is 22.1. The van der Waals surface area contributed by atoms with E-state index < -0.39 is 16.0 Å². The van der Waals surface area contributed by atoms with Gasteiger partial charge in [0, 0.05) is 21.8 Å². The molecule has 3 aromatic rings. The molecule has 0 fully saturated rings. The summed E-state index contributed by atoms with van der Waals surface area (Å²) < 4.78 is 35.1. The van der Waals surface area contributed by atoms with Gasteiger partial charge in [-0.05, 0) is 36.2 Å². The van der Waals surface area contributed by atoms with Gasteiger partial charge < -0.3 is 9.84 Å². The van der Waals surface area contributed by atoms with Crippen LogP contribution in [0.3, 0.4) is 0 Å². The molecule has 0 heterocycles. The van der Waals surface area contributed by atoms with E-state index in [0.29, 0.717) is 16.5 Å². The number of sulfonamides is 1. The molecule has 0 bridgehead atoms. The molecule has 158 valence electrons. The van der Waals surface area contributed by atoms with Crippen LogP contribution >= 0.6 is 15.9 Å². The summed E-state index contributed by atoms with van der Waals surface area (Å²) in [5.74, 6) is -1.07. The molecule has 0 saturated heterocycles. The zero-order chi connectivity index (χ0) is 22.1. The van der Waals surface area contributed by atoms with Crippen molar-refractivity contribution in [1.29, 1.82) is 0 Å². The average molecular weight is 492 g/mol. The third kappa shape index (κ3) is 4.15. The second kappa shape index (κ2) is 8.65. The van der Waals surface area contributed by atoms with Crippen molar-refractivity contribution in [3.63, 3.8) is 0 Å². The van der Waals surface area contributed by atoms with Crippen LogP contribution in [0.2, 0.25) is 0 Å². The molecular formula is C22H22BrNO5S. The van der Waals surface area contributed by atoms with Crippen molar-refractivity contribution < 1.29 is 23.1 Å². The Morgan fingerprint density at radius 3 is 2.23 bits per heavy atom. The summed E-state index contributed by atoms with van der Waals surface area (Å²) in [7, 11) is -2.70. The van der Waals surface area contributed by atoms with E-state index in [1.165, 1.54) is 17.5 Å². The minimum absolute atomic E-state index is 0.0480. The molecule has 0 atom stereocenters. The number of methoxy groups -OCH3 is 1. The maximum Gasteiger partial charge on any atom is 0.339 e. The number of ether oxygens (including phenoxy) is 1. The minimum atomic E-state index is -4.07. The van der Waals surface area contributed by atoms with Gasteiger partial charge >= 0.3 is 5.97 Å². The fourth-order valence-corrected chi connectivity index (χ4v) is 5.43. The summed E-state index contributed by atoms with van der Waals surface area (Å²) in [6.07, 6.45) is 0. The molecule has 6 nitrogen and oxygen atoms in total. The Bertz CT molecular complexity index is 1190. The third-order valence-electron chi connectivity index (χ3n) is 4.61. The molecule has 1 N–H and O–H groups in total. The van der Waals surface area contributed by atoms with Gasteiger partial charge in [-0.25, -0.2) is 13.2 Å². The number of halogens is 1. The normalized spacial score (nSPS) is 11.6. The van der Waals surface area contributed by atoms with Crippen LogP contribution in [0.5, 0.6) is 5.75 Å². The van der Waals surface area contributed by atoms with Crippen LogP contribution < -0.4 is 9.04 Å². The summed E-state index contributed by atoms with van der Waals surface area (Å²) >= 11 is 3.37.